The summed E-state index contributed by atoms with van der Waals surface area (Å²) < 4.78 is 24.0. The van der Waals surface area contributed by atoms with Crippen LogP contribution in [0.5, 0.6) is 0 Å². The van der Waals surface area contributed by atoms with Gasteiger partial charge in [0.25, 0.3) is 5.56 Å². The fourth-order valence-corrected chi connectivity index (χ4v) is 4.83. The van der Waals surface area contributed by atoms with Crippen molar-refractivity contribution in [2.75, 3.05) is 0 Å². The zero-order valence-electron chi connectivity index (χ0n) is 22.0. The van der Waals surface area contributed by atoms with Crippen molar-refractivity contribution < 1.29 is 14.2 Å². The smallest absolute Gasteiger partial charge is 0.352 e. The molecular weight excluding hydrogens is 499 g/mol. The maximum atomic E-state index is 14.4. The molecule has 2 heterocycles. The molecule has 9 heteroatoms. The van der Waals surface area contributed by atoms with Crippen LogP contribution in [0.3, 0.4) is 0 Å². The van der Waals surface area contributed by atoms with Crippen molar-refractivity contribution in [3.05, 3.63) is 122 Å². The number of pyridine rings is 1. The highest BCUT2D eigenvalue weighted by Gasteiger charge is 2.31. The molecule has 0 radical (unpaired) electrons. The lowest BCUT2D eigenvalue weighted by molar-refractivity contribution is 0.0793. The Balaban J connectivity index is 1.78. The third-order valence-electron chi connectivity index (χ3n) is 6.54. The van der Waals surface area contributed by atoms with E-state index in [0.717, 1.165) is 10.2 Å². The SMILES string of the molecule is CCn1c(COCc2ccccc2)nn(-c2c(C(C)(C)O)c3ccccc3c(=O)n2-c2cccc(F)c2)c1=O. The summed E-state index contributed by atoms with van der Waals surface area (Å²) in [6, 6.07) is 22.0. The molecule has 0 bridgehead atoms. The predicted molar refractivity (Wildman–Crippen MR) is 147 cm³/mol. The van der Waals surface area contributed by atoms with Gasteiger partial charge in [0.1, 0.15) is 12.4 Å². The lowest BCUT2D eigenvalue weighted by Gasteiger charge is -2.26. The maximum Gasteiger partial charge on any atom is 0.352 e. The summed E-state index contributed by atoms with van der Waals surface area (Å²) in [6.07, 6.45) is 0. The highest BCUT2D eigenvalue weighted by atomic mass is 19.1. The molecule has 200 valence electrons. The Bertz CT molecular complexity index is 1760. The summed E-state index contributed by atoms with van der Waals surface area (Å²) >= 11 is 0. The quantitative estimate of drug-likeness (QED) is 0.322. The summed E-state index contributed by atoms with van der Waals surface area (Å²) in [5.74, 6) is -0.158. The molecule has 0 aliphatic rings. The van der Waals surface area contributed by atoms with E-state index in [1.165, 1.54) is 27.3 Å². The molecule has 0 spiro atoms. The van der Waals surface area contributed by atoms with E-state index < -0.39 is 22.7 Å². The van der Waals surface area contributed by atoms with E-state index in [1.807, 2.05) is 37.3 Å². The Kier molecular flexibility index (Phi) is 7.03. The Morgan fingerprint density at radius 1 is 0.923 bits per heavy atom. The van der Waals surface area contributed by atoms with E-state index in [0.29, 0.717) is 35.3 Å². The van der Waals surface area contributed by atoms with Crippen LogP contribution in [-0.4, -0.2) is 24.0 Å². The van der Waals surface area contributed by atoms with Crippen molar-refractivity contribution in [2.45, 2.75) is 46.1 Å². The minimum Gasteiger partial charge on any atom is -0.386 e. The van der Waals surface area contributed by atoms with E-state index in [4.69, 9.17) is 4.74 Å². The Morgan fingerprint density at radius 3 is 2.28 bits per heavy atom. The number of hydrogen-bond donors (Lipinski definition) is 1. The van der Waals surface area contributed by atoms with Gasteiger partial charge in [0.05, 0.1) is 17.9 Å². The zero-order valence-corrected chi connectivity index (χ0v) is 22.0. The lowest BCUT2D eigenvalue weighted by atomic mass is 9.93. The number of fused-ring (bicyclic) bond motifs is 1. The normalized spacial score (nSPS) is 11.8. The summed E-state index contributed by atoms with van der Waals surface area (Å²) in [6.45, 7) is 5.63. The van der Waals surface area contributed by atoms with Crippen LogP contribution >= 0.6 is 0 Å². The molecule has 39 heavy (non-hydrogen) atoms. The third-order valence-corrected chi connectivity index (χ3v) is 6.54. The molecule has 2 aromatic heterocycles. The molecule has 0 amide bonds. The van der Waals surface area contributed by atoms with Crippen LogP contribution in [-0.2, 0) is 30.1 Å². The summed E-state index contributed by atoms with van der Waals surface area (Å²) in [4.78, 5) is 27.7. The predicted octanol–water partition coefficient (Wildman–Crippen LogP) is 4.44. The van der Waals surface area contributed by atoms with Crippen LogP contribution in [0.1, 0.15) is 37.7 Å². The van der Waals surface area contributed by atoms with Gasteiger partial charge in [-0.1, -0.05) is 54.6 Å². The summed E-state index contributed by atoms with van der Waals surface area (Å²) in [5, 5.41) is 16.8. The molecule has 0 fully saturated rings. The molecular formula is C30H29FN4O4. The van der Waals surface area contributed by atoms with Crippen molar-refractivity contribution in [2.24, 2.45) is 0 Å². The van der Waals surface area contributed by atoms with Crippen LogP contribution in [0.25, 0.3) is 22.3 Å². The largest absolute Gasteiger partial charge is 0.386 e. The number of hydrogen-bond acceptors (Lipinski definition) is 5. The molecule has 5 rings (SSSR count). The number of benzene rings is 3. The third kappa shape index (κ3) is 4.94. The van der Waals surface area contributed by atoms with Gasteiger partial charge in [-0.15, -0.1) is 5.10 Å². The number of ether oxygens (including phenoxy) is 1. The lowest BCUT2D eigenvalue weighted by Crippen LogP contribution is -2.34. The number of aliphatic hydroxyl groups is 1. The van der Waals surface area contributed by atoms with Crippen molar-refractivity contribution in [1.29, 1.82) is 0 Å². The van der Waals surface area contributed by atoms with Crippen molar-refractivity contribution >= 4 is 10.8 Å². The molecule has 1 N–H and O–H groups in total. The van der Waals surface area contributed by atoms with Gasteiger partial charge in [-0.05, 0) is 56.0 Å². The standard InChI is InChI=1S/C30H29FN4O4/c1-4-33-25(19-39-18-20-11-6-5-7-12-20)32-35(29(33)37)27-26(30(2,3)38)23-15-8-9-16-24(23)28(36)34(27)22-14-10-13-21(31)17-22/h5-17,38H,4,18-19H2,1-3H3. The minimum absolute atomic E-state index is 0.0401. The van der Waals surface area contributed by atoms with Crippen LogP contribution in [0.4, 0.5) is 4.39 Å². The molecule has 5 aromatic rings. The maximum absolute atomic E-state index is 14.4. The first-order valence-corrected chi connectivity index (χ1v) is 12.7. The Labute approximate surface area is 224 Å². The van der Waals surface area contributed by atoms with E-state index in [-0.39, 0.29) is 18.1 Å². The second-order valence-corrected chi connectivity index (χ2v) is 9.76. The molecule has 8 nitrogen and oxygen atoms in total. The number of nitrogens with zero attached hydrogens (tertiary/aromatic N) is 4. The average molecular weight is 529 g/mol. The first kappa shape index (κ1) is 26.3. The molecule has 3 aromatic carbocycles. The van der Waals surface area contributed by atoms with E-state index >= 15 is 0 Å². The average Bonchev–Trinajstić information content (AvgIpc) is 3.23. The number of halogens is 1. The molecule has 0 aliphatic carbocycles. The molecule has 0 aliphatic heterocycles. The molecule has 0 unspecified atom stereocenters. The first-order chi connectivity index (χ1) is 18.7. The van der Waals surface area contributed by atoms with Gasteiger partial charge in [0.15, 0.2) is 11.6 Å². The highest BCUT2D eigenvalue weighted by molar-refractivity contribution is 5.88. The summed E-state index contributed by atoms with van der Waals surface area (Å²) in [7, 11) is 0. The topological polar surface area (TPSA) is 91.3 Å². The van der Waals surface area contributed by atoms with Crippen LogP contribution in [0.2, 0.25) is 0 Å². The van der Waals surface area contributed by atoms with Gasteiger partial charge in [0.2, 0.25) is 0 Å². The van der Waals surface area contributed by atoms with Gasteiger partial charge in [-0.25, -0.2) is 9.18 Å². The second kappa shape index (κ2) is 10.4. The summed E-state index contributed by atoms with van der Waals surface area (Å²) in [5.41, 5.74) is -1.01. The highest BCUT2D eigenvalue weighted by Crippen LogP contribution is 2.33. The van der Waals surface area contributed by atoms with Crippen molar-refractivity contribution in [1.82, 2.24) is 18.9 Å². The van der Waals surface area contributed by atoms with E-state index in [1.54, 1.807) is 44.2 Å². The van der Waals surface area contributed by atoms with Gasteiger partial charge in [-0.2, -0.15) is 4.68 Å². The molecule has 0 saturated carbocycles. The van der Waals surface area contributed by atoms with Gasteiger partial charge in [-0.3, -0.25) is 13.9 Å². The molecule has 0 saturated heterocycles. The van der Waals surface area contributed by atoms with E-state index in [9.17, 15) is 19.1 Å². The van der Waals surface area contributed by atoms with Crippen molar-refractivity contribution in [3.8, 4) is 11.5 Å². The molecule has 0 atom stereocenters. The van der Waals surface area contributed by atoms with Crippen LogP contribution < -0.4 is 11.2 Å². The fourth-order valence-electron chi connectivity index (χ4n) is 4.83. The van der Waals surface area contributed by atoms with Gasteiger partial charge >= 0.3 is 5.69 Å². The minimum atomic E-state index is -1.50. The van der Waals surface area contributed by atoms with Gasteiger partial charge < -0.3 is 9.84 Å². The zero-order chi connectivity index (χ0) is 27.7. The number of aromatic nitrogens is 4. The Morgan fingerprint density at radius 2 is 1.62 bits per heavy atom. The van der Waals surface area contributed by atoms with Gasteiger partial charge in [0, 0.05) is 17.5 Å². The van der Waals surface area contributed by atoms with Crippen molar-refractivity contribution in [3.63, 3.8) is 0 Å². The van der Waals surface area contributed by atoms with E-state index in [2.05, 4.69) is 5.10 Å². The first-order valence-electron chi connectivity index (χ1n) is 12.7. The monoisotopic (exact) mass is 528 g/mol. The van der Waals surface area contributed by atoms with Crippen LogP contribution in [0.15, 0.2) is 88.5 Å². The van der Waals surface area contributed by atoms with Crippen LogP contribution in [0, 0.1) is 5.82 Å². The number of rotatable bonds is 8. The second-order valence-electron chi connectivity index (χ2n) is 9.76. The fraction of sp³-hybridized carbons (Fsp3) is 0.233. The Hall–Kier alpha value is -4.34.